The van der Waals surface area contributed by atoms with Gasteiger partial charge in [0.25, 0.3) is 5.91 Å². The lowest BCUT2D eigenvalue weighted by molar-refractivity contribution is 0.0763. The van der Waals surface area contributed by atoms with E-state index in [9.17, 15) is 4.79 Å². The number of furan rings is 1. The lowest BCUT2D eigenvalue weighted by Crippen LogP contribution is -2.31. The van der Waals surface area contributed by atoms with E-state index in [1.807, 2.05) is 19.9 Å². The Morgan fingerprint density at radius 2 is 2.27 bits per heavy atom. The van der Waals surface area contributed by atoms with Gasteiger partial charge in [0.1, 0.15) is 5.76 Å². The van der Waals surface area contributed by atoms with Crippen molar-refractivity contribution in [3.8, 4) is 0 Å². The van der Waals surface area contributed by atoms with Crippen molar-refractivity contribution in [2.75, 3.05) is 13.6 Å². The number of halogens is 1. The molecule has 0 aromatic carbocycles. The third kappa shape index (κ3) is 3.27. The van der Waals surface area contributed by atoms with Crippen LogP contribution < -0.4 is 0 Å². The van der Waals surface area contributed by atoms with Gasteiger partial charge in [-0.2, -0.15) is 0 Å². The Kier molecular flexibility index (Phi) is 4.21. The first-order valence-corrected chi connectivity index (χ1v) is 5.46. The first-order chi connectivity index (χ1) is 7.04. The highest BCUT2D eigenvalue weighted by Crippen LogP contribution is 2.11. The summed E-state index contributed by atoms with van der Waals surface area (Å²) in [6.45, 7) is 4.35. The van der Waals surface area contributed by atoms with E-state index in [4.69, 9.17) is 16.0 Å². The van der Waals surface area contributed by atoms with Gasteiger partial charge in [-0.05, 0) is 19.1 Å². The molecule has 1 heterocycles. The number of aryl methyl sites for hydroxylation is 1. The zero-order chi connectivity index (χ0) is 11.4. The van der Waals surface area contributed by atoms with E-state index in [0.29, 0.717) is 12.3 Å². The van der Waals surface area contributed by atoms with E-state index in [-0.39, 0.29) is 11.3 Å². The first-order valence-electron chi connectivity index (χ1n) is 5.02. The van der Waals surface area contributed by atoms with Crippen LogP contribution in [0.4, 0.5) is 0 Å². The molecule has 4 heteroatoms. The summed E-state index contributed by atoms with van der Waals surface area (Å²) in [6.07, 6.45) is 0.795. The van der Waals surface area contributed by atoms with Crippen LogP contribution in [0.2, 0.25) is 0 Å². The Morgan fingerprint density at radius 3 is 2.73 bits per heavy atom. The second kappa shape index (κ2) is 5.21. The molecule has 1 amide bonds. The maximum Gasteiger partial charge on any atom is 0.289 e. The molecule has 0 saturated carbocycles. The smallest absolute Gasteiger partial charge is 0.289 e. The Morgan fingerprint density at radius 1 is 1.60 bits per heavy atom. The minimum atomic E-state index is -0.123. The summed E-state index contributed by atoms with van der Waals surface area (Å²) >= 11 is 5.81. The van der Waals surface area contributed by atoms with E-state index in [1.54, 1.807) is 18.0 Å². The number of carbonyl (C=O) groups is 1. The number of carbonyl (C=O) groups excluding carboxylic acids is 1. The van der Waals surface area contributed by atoms with Gasteiger partial charge in [0.2, 0.25) is 0 Å². The molecule has 0 N–H and O–H groups in total. The van der Waals surface area contributed by atoms with E-state index < -0.39 is 0 Å². The Labute approximate surface area is 95.0 Å². The van der Waals surface area contributed by atoms with Crippen molar-refractivity contribution in [3.05, 3.63) is 23.7 Å². The summed E-state index contributed by atoms with van der Waals surface area (Å²) in [5.74, 6) is 1.08. The molecule has 0 aliphatic rings. The van der Waals surface area contributed by atoms with Crippen molar-refractivity contribution in [2.45, 2.75) is 25.6 Å². The Bertz CT molecular complexity index is 333. The molecule has 1 rings (SSSR count). The van der Waals surface area contributed by atoms with Gasteiger partial charge in [-0.15, -0.1) is 11.6 Å². The summed E-state index contributed by atoms with van der Waals surface area (Å²) in [4.78, 5) is 13.3. The second-order valence-corrected chi connectivity index (χ2v) is 4.33. The number of hydrogen-bond donors (Lipinski definition) is 0. The Hall–Kier alpha value is -0.960. The van der Waals surface area contributed by atoms with Crippen LogP contribution in [0.5, 0.6) is 0 Å². The maximum absolute atomic E-state index is 11.8. The van der Waals surface area contributed by atoms with Crippen LogP contribution in [0.3, 0.4) is 0 Å². The van der Waals surface area contributed by atoms with Crippen LogP contribution in [0.15, 0.2) is 16.5 Å². The number of nitrogens with zero attached hydrogens (tertiary/aromatic N) is 1. The van der Waals surface area contributed by atoms with Gasteiger partial charge in [-0.3, -0.25) is 4.79 Å². The van der Waals surface area contributed by atoms with Gasteiger partial charge in [0.15, 0.2) is 5.76 Å². The van der Waals surface area contributed by atoms with E-state index >= 15 is 0 Å². The summed E-state index contributed by atoms with van der Waals surface area (Å²) in [7, 11) is 1.72. The standard InChI is InChI=1S/C11H16ClNO2/c1-4-9-5-6-10(15-9)11(14)13(3)7-8(2)12/h5-6,8H,4,7H2,1-3H3. The van der Waals surface area contributed by atoms with Gasteiger partial charge in [0, 0.05) is 25.4 Å². The molecule has 1 aromatic rings. The minimum Gasteiger partial charge on any atom is -0.456 e. The quantitative estimate of drug-likeness (QED) is 0.744. The van der Waals surface area contributed by atoms with E-state index in [2.05, 4.69) is 0 Å². The van der Waals surface area contributed by atoms with Gasteiger partial charge in [-0.25, -0.2) is 0 Å². The molecule has 0 aliphatic heterocycles. The molecule has 3 nitrogen and oxygen atoms in total. The highest BCUT2D eigenvalue weighted by molar-refractivity contribution is 6.20. The van der Waals surface area contributed by atoms with Gasteiger partial charge in [0.05, 0.1) is 0 Å². The highest BCUT2D eigenvalue weighted by Gasteiger charge is 2.16. The van der Waals surface area contributed by atoms with Crippen molar-refractivity contribution in [2.24, 2.45) is 0 Å². The van der Waals surface area contributed by atoms with Crippen molar-refractivity contribution in [1.29, 1.82) is 0 Å². The van der Waals surface area contributed by atoms with Crippen LogP contribution in [-0.2, 0) is 6.42 Å². The van der Waals surface area contributed by atoms with Crippen molar-refractivity contribution >= 4 is 17.5 Å². The SMILES string of the molecule is CCc1ccc(C(=O)N(C)CC(C)Cl)o1. The van der Waals surface area contributed by atoms with Crippen LogP contribution >= 0.6 is 11.6 Å². The lowest BCUT2D eigenvalue weighted by Gasteiger charge is -2.16. The lowest BCUT2D eigenvalue weighted by atomic mass is 10.3. The molecule has 1 aromatic heterocycles. The number of alkyl halides is 1. The fourth-order valence-electron chi connectivity index (χ4n) is 1.33. The average Bonchev–Trinajstić information content (AvgIpc) is 2.63. The molecular weight excluding hydrogens is 214 g/mol. The third-order valence-corrected chi connectivity index (χ3v) is 2.23. The van der Waals surface area contributed by atoms with Crippen LogP contribution in [0.1, 0.15) is 30.2 Å². The van der Waals surface area contributed by atoms with Gasteiger partial charge >= 0.3 is 0 Å². The zero-order valence-electron chi connectivity index (χ0n) is 9.29. The molecule has 0 radical (unpaired) electrons. The molecule has 0 spiro atoms. The van der Waals surface area contributed by atoms with Crippen molar-refractivity contribution < 1.29 is 9.21 Å². The van der Waals surface area contributed by atoms with E-state index in [1.165, 1.54) is 0 Å². The normalized spacial score (nSPS) is 12.5. The van der Waals surface area contributed by atoms with Gasteiger partial charge in [-0.1, -0.05) is 6.92 Å². The molecule has 1 atom stereocenters. The number of amides is 1. The predicted octanol–water partition coefficient (Wildman–Crippen LogP) is 2.54. The fraction of sp³-hybridized carbons (Fsp3) is 0.545. The van der Waals surface area contributed by atoms with Crippen LogP contribution in [0.25, 0.3) is 0 Å². The van der Waals surface area contributed by atoms with Crippen molar-refractivity contribution in [3.63, 3.8) is 0 Å². The summed E-state index contributed by atoms with van der Waals surface area (Å²) in [5.41, 5.74) is 0. The topological polar surface area (TPSA) is 33.5 Å². The molecule has 15 heavy (non-hydrogen) atoms. The van der Waals surface area contributed by atoms with Gasteiger partial charge < -0.3 is 9.32 Å². The Balaban J connectivity index is 2.67. The fourth-order valence-corrected chi connectivity index (χ4v) is 1.54. The molecular formula is C11H16ClNO2. The van der Waals surface area contributed by atoms with Crippen LogP contribution in [-0.4, -0.2) is 29.8 Å². The number of hydrogen-bond acceptors (Lipinski definition) is 2. The third-order valence-electron chi connectivity index (χ3n) is 2.09. The molecule has 0 saturated heterocycles. The van der Waals surface area contributed by atoms with Crippen molar-refractivity contribution in [1.82, 2.24) is 4.90 Å². The summed E-state index contributed by atoms with van der Waals surface area (Å²) < 4.78 is 5.36. The molecule has 0 aliphatic carbocycles. The zero-order valence-corrected chi connectivity index (χ0v) is 10.0. The molecule has 0 fully saturated rings. The van der Waals surface area contributed by atoms with Crippen LogP contribution in [0, 0.1) is 0 Å². The first kappa shape index (κ1) is 12.1. The molecule has 0 bridgehead atoms. The average molecular weight is 230 g/mol. The largest absolute Gasteiger partial charge is 0.456 e. The highest BCUT2D eigenvalue weighted by atomic mass is 35.5. The summed E-state index contributed by atoms with van der Waals surface area (Å²) in [6, 6.07) is 3.53. The predicted molar refractivity (Wildman–Crippen MR) is 60.4 cm³/mol. The monoisotopic (exact) mass is 229 g/mol. The molecule has 1 unspecified atom stereocenters. The summed E-state index contributed by atoms with van der Waals surface area (Å²) in [5, 5.41) is -0.0560. The second-order valence-electron chi connectivity index (χ2n) is 3.59. The minimum absolute atomic E-state index is 0.0560. The number of rotatable bonds is 4. The molecule has 84 valence electrons. The maximum atomic E-state index is 11.8. The van der Waals surface area contributed by atoms with E-state index in [0.717, 1.165) is 12.2 Å².